The highest BCUT2D eigenvalue weighted by molar-refractivity contribution is 5.67. The number of aromatic nitrogens is 3. The normalized spacial score (nSPS) is 21.5. The van der Waals surface area contributed by atoms with Gasteiger partial charge in [-0.05, 0) is 24.1 Å². The molecule has 4 rings (SSSR count). The van der Waals surface area contributed by atoms with Crippen molar-refractivity contribution in [2.45, 2.75) is 19.0 Å². The average molecular weight is 337 g/mol. The molecule has 0 aliphatic carbocycles. The Morgan fingerprint density at radius 2 is 2.04 bits per heavy atom. The first-order chi connectivity index (χ1) is 12.3. The molecule has 1 fully saturated rings. The minimum Gasteiger partial charge on any atom is -0.396 e. The van der Waals surface area contributed by atoms with Crippen molar-refractivity contribution in [2.75, 3.05) is 25.0 Å². The van der Waals surface area contributed by atoms with E-state index in [2.05, 4.69) is 44.6 Å². The van der Waals surface area contributed by atoms with Gasteiger partial charge in [0.1, 0.15) is 11.8 Å². The van der Waals surface area contributed by atoms with Crippen molar-refractivity contribution in [3.05, 3.63) is 60.6 Å². The molecule has 0 spiro atoms. The van der Waals surface area contributed by atoms with Crippen LogP contribution in [0.25, 0.3) is 5.52 Å². The van der Waals surface area contributed by atoms with Gasteiger partial charge in [-0.3, -0.25) is 4.90 Å². The van der Waals surface area contributed by atoms with Gasteiger partial charge in [-0.2, -0.15) is 5.10 Å². The van der Waals surface area contributed by atoms with Crippen LogP contribution in [0.2, 0.25) is 0 Å². The Hall–Kier alpha value is -2.44. The summed E-state index contributed by atoms with van der Waals surface area (Å²) in [5.74, 6) is 1.02. The van der Waals surface area contributed by atoms with Crippen LogP contribution < -0.4 is 5.32 Å². The molecule has 2 atom stereocenters. The fourth-order valence-corrected chi connectivity index (χ4v) is 3.62. The second kappa shape index (κ2) is 7.21. The van der Waals surface area contributed by atoms with E-state index < -0.39 is 0 Å². The first kappa shape index (κ1) is 16.1. The predicted molar refractivity (Wildman–Crippen MR) is 97.3 cm³/mol. The van der Waals surface area contributed by atoms with Gasteiger partial charge in [0.2, 0.25) is 0 Å². The number of nitrogens with zero attached hydrogens (tertiary/aromatic N) is 4. The molecule has 2 unspecified atom stereocenters. The molecule has 0 radical (unpaired) electrons. The molecule has 1 aromatic carbocycles. The van der Waals surface area contributed by atoms with Crippen LogP contribution >= 0.6 is 0 Å². The van der Waals surface area contributed by atoms with E-state index in [9.17, 15) is 5.11 Å². The summed E-state index contributed by atoms with van der Waals surface area (Å²) in [5.41, 5.74) is 2.28. The number of piperidine rings is 1. The van der Waals surface area contributed by atoms with Gasteiger partial charge >= 0.3 is 0 Å². The molecule has 130 valence electrons. The van der Waals surface area contributed by atoms with Crippen LogP contribution in [0.3, 0.4) is 0 Å². The van der Waals surface area contributed by atoms with E-state index in [0.29, 0.717) is 0 Å². The maximum Gasteiger partial charge on any atom is 0.154 e. The number of benzene rings is 1. The number of aliphatic hydroxyl groups is 1. The Balaban J connectivity index is 1.44. The van der Waals surface area contributed by atoms with Crippen molar-refractivity contribution in [3.8, 4) is 0 Å². The molecule has 0 amide bonds. The highest BCUT2D eigenvalue weighted by Gasteiger charge is 2.29. The summed E-state index contributed by atoms with van der Waals surface area (Å²) in [6.45, 7) is 2.99. The van der Waals surface area contributed by atoms with E-state index in [-0.39, 0.29) is 18.6 Å². The third-order valence-corrected chi connectivity index (χ3v) is 4.96. The summed E-state index contributed by atoms with van der Waals surface area (Å²) in [6.07, 6.45) is 4.46. The summed E-state index contributed by atoms with van der Waals surface area (Å²) in [4.78, 5) is 6.81. The van der Waals surface area contributed by atoms with Crippen molar-refractivity contribution in [3.63, 3.8) is 0 Å². The summed E-state index contributed by atoms with van der Waals surface area (Å²) in [6, 6.07) is 14.7. The van der Waals surface area contributed by atoms with Crippen LogP contribution in [0.1, 0.15) is 12.0 Å². The standard InChI is InChI=1S/C19H23N5O/c25-13-16-12-23(11-15-5-2-1-3-6-15)10-8-17(16)22-19-18-7-4-9-24(18)21-14-20-19/h1-7,9,14,16-17,25H,8,10-13H2,(H,20,21,22). The first-order valence-corrected chi connectivity index (χ1v) is 8.75. The number of hydrogen-bond donors (Lipinski definition) is 2. The van der Waals surface area contributed by atoms with E-state index in [1.807, 2.05) is 28.9 Å². The van der Waals surface area contributed by atoms with Crippen molar-refractivity contribution in [1.29, 1.82) is 0 Å². The fraction of sp³-hybridized carbons (Fsp3) is 0.368. The second-order valence-corrected chi connectivity index (χ2v) is 6.65. The molecular weight excluding hydrogens is 314 g/mol. The Morgan fingerprint density at radius 3 is 2.88 bits per heavy atom. The third-order valence-electron chi connectivity index (χ3n) is 4.96. The lowest BCUT2D eigenvalue weighted by Gasteiger charge is -2.38. The summed E-state index contributed by atoms with van der Waals surface area (Å²) in [5, 5.41) is 17.6. The molecule has 6 nitrogen and oxygen atoms in total. The van der Waals surface area contributed by atoms with E-state index in [4.69, 9.17) is 0 Å². The van der Waals surface area contributed by atoms with Crippen molar-refractivity contribution >= 4 is 11.3 Å². The number of rotatable bonds is 5. The van der Waals surface area contributed by atoms with E-state index in [1.165, 1.54) is 5.56 Å². The maximum atomic E-state index is 9.89. The Kier molecular flexibility index (Phi) is 4.63. The smallest absolute Gasteiger partial charge is 0.154 e. The summed E-state index contributed by atoms with van der Waals surface area (Å²) < 4.78 is 1.81. The second-order valence-electron chi connectivity index (χ2n) is 6.65. The molecule has 1 aliphatic rings. The van der Waals surface area contributed by atoms with Gasteiger partial charge in [-0.15, -0.1) is 0 Å². The topological polar surface area (TPSA) is 65.7 Å². The number of hydrogen-bond acceptors (Lipinski definition) is 5. The Bertz CT molecular complexity index is 819. The van der Waals surface area contributed by atoms with Crippen molar-refractivity contribution < 1.29 is 5.11 Å². The molecule has 25 heavy (non-hydrogen) atoms. The Labute approximate surface area is 147 Å². The highest BCUT2D eigenvalue weighted by atomic mass is 16.3. The number of likely N-dealkylation sites (tertiary alicyclic amines) is 1. The number of anilines is 1. The maximum absolute atomic E-state index is 9.89. The zero-order valence-electron chi connectivity index (χ0n) is 14.1. The quantitative estimate of drug-likeness (QED) is 0.746. The van der Waals surface area contributed by atoms with E-state index in [1.54, 1.807) is 6.33 Å². The van der Waals surface area contributed by atoms with Crippen LogP contribution in [-0.4, -0.2) is 50.3 Å². The largest absolute Gasteiger partial charge is 0.396 e. The van der Waals surface area contributed by atoms with Gasteiger partial charge in [0.25, 0.3) is 0 Å². The van der Waals surface area contributed by atoms with Gasteiger partial charge in [-0.25, -0.2) is 9.50 Å². The number of fused-ring (bicyclic) bond motifs is 1. The van der Waals surface area contributed by atoms with Crippen LogP contribution in [0, 0.1) is 5.92 Å². The first-order valence-electron chi connectivity index (χ1n) is 8.75. The van der Waals surface area contributed by atoms with Gasteiger partial charge in [0.05, 0.1) is 0 Å². The summed E-state index contributed by atoms with van der Waals surface area (Å²) in [7, 11) is 0. The molecule has 6 heteroatoms. The Morgan fingerprint density at radius 1 is 1.16 bits per heavy atom. The molecule has 3 heterocycles. The lowest BCUT2D eigenvalue weighted by molar-refractivity contribution is 0.105. The number of aliphatic hydroxyl groups excluding tert-OH is 1. The van der Waals surface area contributed by atoms with Gasteiger partial charge in [-0.1, -0.05) is 30.3 Å². The predicted octanol–water partition coefficient (Wildman–Crippen LogP) is 2.02. The molecule has 3 aromatic rings. The minimum atomic E-state index is 0.172. The highest BCUT2D eigenvalue weighted by Crippen LogP contribution is 2.23. The third kappa shape index (κ3) is 3.50. The SMILES string of the molecule is OCC1CN(Cc2ccccc2)CCC1Nc1ncnn2cccc12. The molecule has 0 saturated carbocycles. The van der Waals surface area contributed by atoms with Gasteiger partial charge < -0.3 is 10.4 Å². The summed E-state index contributed by atoms with van der Waals surface area (Å²) >= 11 is 0. The molecule has 1 aliphatic heterocycles. The van der Waals surface area contributed by atoms with Crippen LogP contribution in [-0.2, 0) is 6.54 Å². The van der Waals surface area contributed by atoms with Crippen molar-refractivity contribution in [1.82, 2.24) is 19.5 Å². The minimum absolute atomic E-state index is 0.172. The molecule has 1 saturated heterocycles. The van der Waals surface area contributed by atoms with Crippen LogP contribution in [0.5, 0.6) is 0 Å². The van der Waals surface area contributed by atoms with E-state index >= 15 is 0 Å². The van der Waals surface area contributed by atoms with Crippen LogP contribution in [0.15, 0.2) is 55.0 Å². The molecule has 0 bridgehead atoms. The molecule has 2 N–H and O–H groups in total. The van der Waals surface area contributed by atoms with Gasteiger partial charge in [0, 0.05) is 44.4 Å². The lowest BCUT2D eigenvalue weighted by atomic mass is 9.92. The van der Waals surface area contributed by atoms with Crippen LogP contribution in [0.4, 0.5) is 5.82 Å². The lowest BCUT2D eigenvalue weighted by Crippen LogP contribution is -2.47. The average Bonchev–Trinajstić information content (AvgIpc) is 3.13. The monoisotopic (exact) mass is 337 g/mol. The zero-order chi connectivity index (χ0) is 17.1. The zero-order valence-corrected chi connectivity index (χ0v) is 14.1. The fourth-order valence-electron chi connectivity index (χ4n) is 3.62. The molecular formula is C19H23N5O. The number of nitrogens with one attached hydrogen (secondary N) is 1. The van der Waals surface area contributed by atoms with Gasteiger partial charge in [0.15, 0.2) is 5.82 Å². The molecule has 2 aromatic heterocycles. The van der Waals surface area contributed by atoms with Crippen molar-refractivity contribution in [2.24, 2.45) is 5.92 Å². The van der Waals surface area contributed by atoms with E-state index in [0.717, 1.165) is 37.4 Å².